The quantitative estimate of drug-likeness (QED) is 0.577. The number of nitrogen functional groups attached to an aromatic ring is 1. The zero-order chi connectivity index (χ0) is 10.4. The van der Waals surface area contributed by atoms with Gasteiger partial charge in [-0.3, -0.25) is 0 Å². The SMILES string of the molecule is CCCCCCc1ccc(N)cc1Cl. The van der Waals surface area contributed by atoms with E-state index in [4.69, 9.17) is 17.3 Å². The summed E-state index contributed by atoms with van der Waals surface area (Å²) in [6.45, 7) is 2.22. The van der Waals surface area contributed by atoms with Gasteiger partial charge in [0.2, 0.25) is 0 Å². The van der Waals surface area contributed by atoms with Crippen molar-refractivity contribution in [2.45, 2.75) is 39.0 Å². The van der Waals surface area contributed by atoms with Crippen LogP contribution in [0.4, 0.5) is 5.69 Å². The van der Waals surface area contributed by atoms with Crippen LogP contribution >= 0.6 is 11.6 Å². The minimum atomic E-state index is 0.743. The number of benzene rings is 1. The lowest BCUT2D eigenvalue weighted by molar-refractivity contribution is 0.667. The van der Waals surface area contributed by atoms with Crippen LogP contribution < -0.4 is 5.73 Å². The van der Waals surface area contributed by atoms with Crippen molar-refractivity contribution >= 4 is 17.3 Å². The van der Waals surface area contributed by atoms with Crippen LogP contribution in [0.25, 0.3) is 0 Å². The van der Waals surface area contributed by atoms with Gasteiger partial charge in [-0.25, -0.2) is 0 Å². The third-order valence-corrected chi connectivity index (χ3v) is 2.73. The average Bonchev–Trinajstić information content (AvgIpc) is 2.15. The smallest absolute Gasteiger partial charge is 0.0458 e. The standard InChI is InChI=1S/C12H18ClN/c1-2-3-4-5-6-10-7-8-11(14)9-12(10)13/h7-9H,2-6,14H2,1H3. The molecule has 0 amide bonds. The summed E-state index contributed by atoms with van der Waals surface area (Å²) < 4.78 is 0. The molecule has 0 unspecified atom stereocenters. The maximum absolute atomic E-state index is 6.06. The first kappa shape index (κ1) is 11.4. The lowest BCUT2D eigenvalue weighted by atomic mass is 10.1. The summed E-state index contributed by atoms with van der Waals surface area (Å²) in [7, 11) is 0. The minimum absolute atomic E-state index is 0.743. The Balaban J connectivity index is 2.42. The van der Waals surface area contributed by atoms with Gasteiger partial charge in [-0.1, -0.05) is 43.9 Å². The second-order valence-electron chi connectivity index (χ2n) is 3.66. The summed E-state index contributed by atoms with van der Waals surface area (Å²) in [6, 6.07) is 5.78. The lowest BCUT2D eigenvalue weighted by Gasteiger charge is -2.04. The topological polar surface area (TPSA) is 26.0 Å². The molecule has 78 valence electrons. The van der Waals surface area contributed by atoms with Gasteiger partial charge in [-0.2, -0.15) is 0 Å². The van der Waals surface area contributed by atoms with Crippen molar-refractivity contribution in [2.24, 2.45) is 0 Å². The molecule has 0 aliphatic rings. The zero-order valence-electron chi connectivity index (χ0n) is 8.72. The van der Waals surface area contributed by atoms with E-state index in [1.54, 1.807) is 0 Å². The predicted octanol–water partition coefficient (Wildman–Crippen LogP) is 4.05. The molecule has 1 aromatic rings. The van der Waals surface area contributed by atoms with Gasteiger partial charge in [0.1, 0.15) is 0 Å². The highest BCUT2D eigenvalue weighted by Gasteiger charge is 1.99. The van der Waals surface area contributed by atoms with E-state index in [1.807, 2.05) is 18.2 Å². The number of anilines is 1. The number of rotatable bonds is 5. The Morgan fingerprint density at radius 2 is 2.00 bits per heavy atom. The summed E-state index contributed by atoms with van der Waals surface area (Å²) in [4.78, 5) is 0. The molecule has 0 bridgehead atoms. The fraction of sp³-hybridized carbons (Fsp3) is 0.500. The Hall–Kier alpha value is -0.690. The molecule has 2 heteroatoms. The van der Waals surface area contributed by atoms with Crippen LogP contribution in [0.15, 0.2) is 18.2 Å². The summed E-state index contributed by atoms with van der Waals surface area (Å²) in [6.07, 6.45) is 6.16. The zero-order valence-corrected chi connectivity index (χ0v) is 9.48. The van der Waals surface area contributed by atoms with Crippen molar-refractivity contribution in [1.82, 2.24) is 0 Å². The van der Waals surface area contributed by atoms with Crippen molar-refractivity contribution in [3.8, 4) is 0 Å². The van der Waals surface area contributed by atoms with Crippen molar-refractivity contribution in [2.75, 3.05) is 5.73 Å². The molecule has 1 aromatic carbocycles. The normalized spacial score (nSPS) is 10.4. The molecular weight excluding hydrogens is 194 g/mol. The Kier molecular flexibility index (Phi) is 4.81. The van der Waals surface area contributed by atoms with E-state index in [1.165, 1.54) is 31.2 Å². The van der Waals surface area contributed by atoms with Gasteiger partial charge in [0, 0.05) is 10.7 Å². The number of hydrogen-bond acceptors (Lipinski definition) is 1. The summed E-state index contributed by atoms with van der Waals surface area (Å²) in [5.41, 5.74) is 7.58. The van der Waals surface area contributed by atoms with Crippen LogP contribution in [0.5, 0.6) is 0 Å². The van der Waals surface area contributed by atoms with Crippen molar-refractivity contribution in [3.05, 3.63) is 28.8 Å². The van der Waals surface area contributed by atoms with Gasteiger partial charge in [-0.15, -0.1) is 0 Å². The van der Waals surface area contributed by atoms with Crippen molar-refractivity contribution in [1.29, 1.82) is 0 Å². The van der Waals surface area contributed by atoms with E-state index in [2.05, 4.69) is 6.92 Å². The molecule has 0 heterocycles. The van der Waals surface area contributed by atoms with Crippen LogP contribution in [0, 0.1) is 0 Å². The Morgan fingerprint density at radius 1 is 1.21 bits per heavy atom. The highest BCUT2D eigenvalue weighted by molar-refractivity contribution is 6.31. The van der Waals surface area contributed by atoms with E-state index in [9.17, 15) is 0 Å². The fourth-order valence-electron chi connectivity index (χ4n) is 1.51. The van der Waals surface area contributed by atoms with Gasteiger partial charge < -0.3 is 5.73 Å². The molecule has 0 saturated carbocycles. The number of aryl methyl sites for hydroxylation is 1. The Bertz CT molecular complexity index is 284. The lowest BCUT2D eigenvalue weighted by Crippen LogP contribution is -1.90. The Labute approximate surface area is 91.3 Å². The molecule has 2 N–H and O–H groups in total. The predicted molar refractivity (Wildman–Crippen MR) is 63.7 cm³/mol. The first-order valence-corrected chi connectivity index (χ1v) is 5.65. The van der Waals surface area contributed by atoms with Gasteiger partial charge in [0.25, 0.3) is 0 Å². The van der Waals surface area contributed by atoms with Gasteiger partial charge >= 0.3 is 0 Å². The van der Waals surface area contributed by atoms with Crippen molar-refractivity contribution < 1.29 is 0 Å². The van der Waals surface area contributed by atoms with E-state index >= 15 is 0 Å². The molecule has 0 radical (unpaired) electrons. The summed E-state index contributed by atoms with van der Waals surface area (Å²) >= 11 is 6.06. The largest absolute Gasteiger partial charge is 0.399 e. The summed E-state index contributed by atoms with van der Waals surface area (Å²) in [5.74, 6) is 0. The van der Waals surface area contributed by atoms with Gasteiger partial charge in [0.15, 0.2) is 0 Å². The highest BCUT2D eigenvalue weighted by Crippen LogP contribution is 2.21. The number of unbranched alkanes of at least 4 members (excludes halogenated alkanes) is 3. The second-order valence-corrected chi connectivity index (χ2v) is 4.07. The fourth-order valence-corrected chi connectivity index (χ4v) is 1.79. The van der Waals surface area contributed by atoms with E-state index in [-0.39, 0.29) is 0 Å². The van der Waals surface area contributed by atoms with Crippen LogP contribution in [0.1, 0.15) is 38.2 Å². The van der Waals surface area contributed by atoms with E-state index < -0.39 is 0 Å². The van der Waals surface area contributed by atoms with Crippen LogP contribution in [-0.4, -0.2) is 0 Å². The molecular formula is C12H18ClN. The van der Waals surface area contributed by atoms with Crippen LogP contribution in [-0.2, 0) is 6.42 Å². The molecule has 14 heavy (non-hydrogen) atoms. The van der Waals surface area contributed by atoms with Crippen molar-refractivity contribution in [3.63, 3.8) is 0 Å². The average molecular weight is 212 g/mol. The van der Waals surface area contributed by atoms with Gasteiger partial charge in [-0.05, 0) is 30.5 Å². The van der Waals surface area contributed by atoms with E-state index in [0.717, 1.165) is 17.1 Å². The third kappa shape index (κ3) is 3.59. The number of halogens is 1. The third-order valence-electron chi connectivity index (χ3n) is 2.38. The molecule has 1 rings (SSSR count). The molecule has 0 atom stereocenters. The molecule has 0 aromatic heterocycles. The Morgan fingerprint density at radius 3 is 2.64 bits per heavy atom. The highest BCUT2D eigenvalue weighted by atomic mass is 35.5. The maximum Gasteiger partial charge on any atom is 0.0458 e. The molecule has 0 aliphatic carbocycles. The second kappa shape index (κ2) is 5.92. The first-order valence-electron chi connectivity index (χ1n) is 5.28. The number of nitrogens with two attached hydrogens (primary N) is 1. The number of hydrogen-bond donors (Lipinski definition) is 1. The molecule has 0 aliphatic heterocycles. The first-order chi connectivity index (χ1) is 6.74. The van der Waals surface area contributed by atoms with Crippen LogP contribution in [0.3, 0.4) is 0 Å². The molecule has 0 saturated heterocycles. The van der Waals surface area contributed by atoms with Gasteiger partial charge in [0.05, 0.1) is 0 Å². The van der Waals surface area contributed by atoms with E-state index in [0.29, 0.717) is 0 Å². The molecule has 1 nitrogen and oxygen atoms in total. The minimum Gasteiger partial charge on any atom is -0.399 e. The maximum atomic E-state index is 6.06. The molecule has 0 fully saturated rings. The monoisotopic (exact) mass is 211 g/mol. The summed E-state index contributed by atoms with van der Waals surface area (Å²) in [5, 5.41) is 0.807. The molecule has 0 spiro atoms. The van der Waals surface area contributed by atoms with Crippen LogP contribution in [0.2, 0.25) is 5.02 Å².